The second-order valence-corrected chi connectivity index (χ2v) is 3.98. The Kier molecular flexibility index (Phi) is 4.53. The largest absolute Gasteiger partial charge is 0.465 e. The van der Waals surface area contributed by atoms with E-state index in [9.17, 15) is 4.79 Å². The molecule has 0 saturated carbocycles. The molecule has 0 saturated heterocycles. The molecule has 0 fully saturated rings. The maximum absolute atomic E-state index is 10.5. The average molecular weight is 278 g/mol. The van der Waals surface area contributed by atoms with Crippen molar-refractivity contribution in [2.24, 2.45) is 5.16 Å². The Labute approximate surface area is 107 Å². The predicted octanol–water partition coefficient (Wildman–Crippen LogP) is 2.22. The summed E-state index contributed by atoms with van der Waals surface area (Å²) < 4.78 is 0. The van der Waals surface area contributed by atoms with Gasteiger partial charge in [-0.3, -0.25) is 4.98 Å². The van der Waals surface area contributed by atoms with E-state index in [0.717, 1.165) is 0 Å². The Morgan fingerprint density at radius 1 is 1.59 bits per heavy atom. The summed E-state index contributed by atoms with van der Waals surface area (Å²) in [5.41, 5.74) is 0.175. The Morgan fingerprint density at radius 3 is 2.71 bits per heavy atom. The zero-order valence-corrected chi connectivity index (χ0v) is 10.2. The first-order valence-electron chi connectivity index (χ1n) is 4.48. The molecule has 0 aliphatic rings. The highest BCUT2D eigenvalue weighted by Crippen LogP contribution is 2.20. The number of rotatable bonds is 3. The summed E-state index contributed by atoms with van der Waals surface area (Å²) in [6.07, 6.45) is 0.0743. The van der Waals surface area contributed by atoms with Gasteiger partial charge in [-0.1, -0.05) is 28.4 Å². The quantitative estimate of drug-likeness (QED) is 0.449. The van der Waals surface area contributed by atoms with E-state index in [2.05, 4.69) is 15.5 Å². The number of nitrogens with one attached hydrogen (secondary N) is 1. The van der Waals surface area contributed by atoms with Gasteiger partial charge in [0.15, 0.2) is 0 Å². The molecule has 8 heteroatoms. The van der Waals surface area contributed by atoms with Crippen LogP contribution < -0.4 is 5.32 Å². The lowest BCUT2D eigenvalue weighted by Crippen LogP contribution is -2.38. The van der Waals surface area contributed by atoms with Crippen LogP contribution in [-0.2, 0) is 0 Å². The third-order valence-electron chi connectivity index (χ3n) is 1.91. The van der Waals surface area contributed by atoms with Crippen molar-refractivity contribution < 1.29 is 15.1 Å². The molecule has 17 heavy (non-hydrogen) atoms. The number of hydrogen-bond acceptors (Lipinski definition) is 4. The van der Waals surface area contributed by atoms with Crippen LogP contribution in [0.5, 0.6) is 0 Å². The molecule has 92 valence electrons. The lowest BCUT2D eigenvalue weighted by Gasteiger charge is -2.13. The van der Waals surface area contributed by atoms with Gasteiger partial charge in [0.05, 0.1) is 16.1 Å². The van der Waals surface area contributed by atoms with E-state index in [1.807, 2.05) is 0 Å². The van der Waals surface area contributed by atoms with Crippen LogP contribution in [0, 0.1) is 0 Å². The van der Waals surface area contributed by atoms with E-state index in [4.69, 9.17) is 33.5 Å². The lowest BCUT2D eigenvalue weighted by atomic mass is 10.1. The van der Waals surface area contributed by atoms with Gasteiger partial charge in [0.1, 0.15) is 11.4 Å². The molecular formula is C9H9Cl2N3O3. The van der Waals surface area contributed by atoms with Crippen LogP contribution >= 0.6 is 23.2 Å². The van der Waals surface area contributed by atoms with Gasteiger partial charge in [-0.05, 0) is 13.0 Å². The predicted molar refractivity (Wildman–Crippen MR) is 63.2 cm³/mol. The zero-order chi connectivity index (χ0) is 13.0. The minimum absolute atomic E-state index is 0.00840. The van der Waals surface area contributed by atoms with E-state index < -0.39 is 12.1 Å². The van der Waals surface area contributed by atoms with Crippen LogP contribution in [0.15, 0.2) is 17.4 Å². The molecule has 0 bridgehead atoms. The number of halogens is 2. The summed E-state index contributed by atoms with van der Waals surface area (Å²) >= 11 is 11.5. The number of carbonyl (C=O) groups is 1. The number of oxime groups is 1. The third-order valence-corrected chi connectivity index (χ3v) is 2.40. The van der Waals surface area contributed by atoms with Crippen LogP contribution in [0.3, 0.4) is 0 Å². The number of nitrogens with zero attached hydrogens (tertiary/aromatic N) is 2. The van der Waals surface area contributed by atoms with Crippen molar-refractivity contribution in [2.45, 2.75) is 13.0 Å². The second kappa shape index (κ2) is 5.70. The molecule has 1 aromatic heterocycles. The van der Waals surface area contributed by atoms with Gasteiger partial charge in [-0.25, -0.2) is 4.79 Å². The fraction of sp³-hybridized carbons (Fsp3) is 0.222. The summed E-state index contributed by atoms with van der Waals surface area (Å²) in [4.78, 5) is 14.4. The summed E-state index contributed by atoms with van der Waals surface area (Å²) in [6, 6.07) is 0.660. The SMILES string of the molecule is C[C@H](NC(=O)O)/C(=N\O)c1ncc(Cl)cc1Cl. The Morgan fingerprint density at radius 2 is 2.24 bits per heavy atom. The number of hydrogen-bond donors (Lipinski definition) is 3. The Hall–Kier alpha value is -1.53. The highest BCUT2D eigenvalue weighted by atomic mass is 35.5. The molecular weight excluding hydrogens is 269 g/mol. The molecule has 1 amide bonds. The maximum Gasteiger partial charge on any atom is 0.405 e. The molecule has 0 aliphatic carbocycles. The molecule has 1 atom stereocenters. The zero-order valence-electron chi connectivity index (χ0n) is 8.69. The van der Waals surface area contributed by atoms with Gasteiger partial charge in [0.25, 0.3) is 0 Å². The number of aromatic nitrogens is 1. The molecule has 1 heterocycles. The van der Waals surface area contributed by atoms with E-state index in [-0.39, 0.29) is 16.4 Å². The normalized spacial score (nSPS) is 13.2. The molecule has 0 spiro atoms. The molecule has 0 unspecified atom stereocenters. The highest BCUT2D eigenvalue weighted by Gasteiger charge is 2.19. The molecule has 1 rings (SSSR count). The van der Waals surface area contributed by atoms with Crippen molar-refractivity contribution in [1.29, 1.82) is 0 Å². The average Bonchev–Trinajstić information content (AvgIpc) is 2.21. The van der Waals surface area contributed by atoms with E-state index in [1.54, 1.807) is 0 Å². The van der Waals surface area contributed by atoms with Gasteiger partial charge in [-0.15, -0.1) is 0 Å². The fourth-order valence-corrected chi connectivity index (χ4v) is 1.67. The molecule has 6 nitrogen and oxygen atoms in total. The Balaban J connectivity index is 3.06. The van der Waals surface area contributed by atoms with Crippen LogP contribution in [0.1, 0.15) is 12.6 Å². The van der Waals surface area contributed by atoms with Crippen molar-refractivity contribution in [1.82, 2.24) is 10.3 Å². The number of carboxylic acid groups (broad SMARTS) is 1. The Bertz CT molecular complexity index is 465. The van der Waals surface area contributed by atoms with Crippen molar-refractivity contribution in [3.63, 3.8) is 0 Å². The minimum Gasteiger partial charge on any atom is -0.465 e. The van der Waals surface area contributed by atoms with Gasteiger partial charge in [0.2, 0.25) is 0 Å². The van der Waals surface area contributed by atoms with E-state index in [0.29, 0.717) is 5.02 Å². The summed E-state index contributed by atoms with van der Waals surface area (Å²) in [5, 5.41) is 23.1. The first-order valence-corrected chi connectivity index (χ1v) is 5.24. The monoisotopic (exact) mass is 277 g/mol. The molecule has 0 aliphatic heterocycles. The van der Waals surface area contributed by atoms with Gasteiger partial charge in [-0.2, -0.15) is 0 Å². The standard InChI is InChI=1S/C9H9Cl2N3O3/c1-4(13-9(15)16)7(14-17)8-6(11)2-5(10)3-12-8/h2-4,13,17H,1H3,(H,15,16)/b14-7+/t4-/m0/s1. The first kappa shape index (κ1) is 13.5. The minimum atomic E-state index is -1.25. The van der Waals surface area contributed by atoms with Crippen molar-refractivity contribution >= 4 is 35.0 Å². The fourth-order valence-electron chi connectivity index (χ4n) is 1.20. The van der Waals surface area contributed by atoms with E-state index in [1.165, 1.54) is 19.2 Å². The first-order chi connectivity index (χ1) is 7.95. The van der Waals surface area contributed by atoms with Crippen molar-refractivity contribution in [3.8, 4) is 0 Å². The lowest BCUT2D eigenvalue weighted by molar-refractivity contribution is 0.193. The van der Waals surface area contributed by atoms with Gasteiger partial charge in [0, 0.05) is 6.20 Å². The molecule has 0 radical (unpaired) electrons. The number of pyridine rings is 1. The van der Waals surface area contributed by atoms with Crippen molar-refractivity contribution in [3.05, 3.63) is 28.0 Å². The van der Waals surface area contributed by atoms with Crippen LogP contribution in [-0.4, -0.2) is 33.1 Å². The number of amides is 1. The van der Waals surface area contributed by atoms with Crippen LogP contribution in [0.2, 0.25) is 10.0 Å². The van der Waals surface area contributed by atoms with Crippen LogP contribution in [0.4, 0.5) is 4.79 Å². The van der Waals surface area contributed by atoms with Crippen LogP contribution in [0.25, 0.3) is 0 Å². The highest BCUT2D eigenvalue weighted by molar-refractivity contribution is 6.36. The smallest absolute Gasteiger partial charge is 0.405 e. The summed E-state index contributed by atoms with van der Waals surface area (Å²) in [7, 11) is 0. The van der Waals surface area contributed by atoms with Gasteiger partial charge >= 0.3 is 6.09 Å². The summed E-state index contributed by atoms with van der Waals surface area (Å²) in [5.74, 6) is 0. The van der Waals surface area contributed by atoms with E-state index >= 15 is 0 Å². The third kappa shape index (κ3) is 3.47. The molecule has 0 aromatic carbocycles. The topological polar surface area (TPSA) is 94.8 Å². The second-order valence-electron chi connectivity index (χ2n) is 3.14. The maximum atomic E-state index is 10.5. The van der Waals surface area contributed by atoms with Crippen molar-refractivity contribution in [2.75, 3.05) is 0 Å². The molecule has 3 N–H and O–H groups in total. The molecule has 1 aromatic rings. The summed E-state index contributed by atoms with van der Waals surface area (Å²) in [6.45, 7) is 1.50. The van der Waals surface area contributed by atoms with Gasteiger partial charge < -0.3 is 15.6 Å².